The summed E-state index contributed by atoms with van der Waals surface area (Å²) in [5, 5.41) is 2.77. The van der Waals surface area contributed by atoms with E-state index in [0.29, 0.717) is 16.6 Å². The van der Waals surface area contributed by atoms with Gasteiger partial charge in [-0.15, -0.1) is 0 Å². The van der Waals surface area contributed by atoms with Crippen molar-refractivity contribution in [2.45, 2.75) is 26.2 Å². The molecular weight excluding hydrogens is 317 g/mol. The lowest BCUT2D eigenvalue weighted by molar-refractivity contribution is -0.117. The molecule has 0 aliphatic heterocycles. The summed E-state index contributed by atoms with van der Waals surface area (Å²) >= 11 is 7.39. The first-order valence-electron chi connectivity index (χ1n) is 5.82. The van der Waals surface area contributed by atoms with E-state index >= 15 is 0 Å². The highest BCUT2D eigenvalue weighted by molar-refractivity contribution is 9.10. The van der Waals surface area contributed by atoms with Crippen LogP contribution in [-0.2, 0) is 4.79 Å². The zero-order valence-electron chi connectivity index (χ0n) is 10.1. The van der Waals surface area contributed by atoms with E-state index in [2.05, 4.69) is 33.9 Å². The minimum absolute atomic E-state index is 0.0635. The van der Waals surface area contributed by atoms with Gasteiger partial charge in [-0.05, 0) is 64.6 Å². The summed E-state index contributed by atoms with van der Waals surface area (Å²) in [5.74, 6) is 0.297. The Bertz CT molecular complexity index is 488. The van der Waals surface area contributed by atoms with Gasteiger partial charge >= 0.3 is 0 Å². The van der Waals surface area contributed by atoms with Crippen molar-refractivity contribution < 1.29 is 9.18 Å². The molecule has 0 bridgehead atoms. The predicted octanol–water partition coefficient (Wildman–Crippen LogP) is 3.94. The quantitative estimate of drug-likeness (QED) is 0.804. The fraction of sp³-hybridized carbons (Fsp3) is 0.462. The van der Waals surface area contributed by atoms with Crippen LogP contribution in [0.15, 0.2) is 16.6 Å². The lowest BCUT2D eigenvalue weighted by Gasteiger charge is -2.13. The molecule has 1 N–H and O–H groups in total. The lowest BCUT2D eigenvalue weighted by Crippen LogP contribution is -2.18. The van der Waals surface area contributed by atoms with Crippen LogP contribution >= 0.6 is 28.6 Å². The van der Waals surface area contributed by atoms with Crippen molar-refractivity contribution in [1.82, 2.24) is 0 Å². The number of hydrogen-bond donors (Lipinski definition) is 2. The molecular formula is C13H15BrFNOS. The van der Waals surface area contributed by atoms with Crippen molar-refractivity contribution in [1.29, 1.82) is 0 Å². The van der Waals surface area contributed by atoms with Crippen molar-refractivity contribution >= 4 is 40.2 Å². The third kappa shape index (κ3) is 3.06. The summed E-state index contributed by atoms with van der Waals surface area (Å²) < 4.78 is 13.8. The number of aryl methyl sites for hydroxylation is 1. The van der Waals surface area contributed by atoms with Crippen LogP contribution in [0.1, 0.15) is 24.8 Å². The molecule has 1 aliphatic carbocycles. The zero-order chi connectivity index (χ0) is 13.3. The number of amides is 1. The number of nitrogens with one attached hydrogen (secondary N) is 1. The molecule has 0 spiro atoms. The molecule has 0 unspecified atom stereocenters. The topological polar surface area (TPSA) is 29.1 Å². The maximum atomic E-state index is 13.4. The molecule has 2 nitrogen and oxygen atoms in total. The summed E-state index contributed by atoms with van der Waals surface area (Å²) in [6, 6.07) is 3.01. The first-order valence-corrected chi connectivity index (χ1v) is 7.25. The third-order valence-electron chi connectivity index (χ3n) is 3.37. The lowest BCUT2D eigenvalue weighted by atomic mass is 10.0. The Hall–Kier alpha value is -0.550. The van der Waals surface area contributed by atoms with Crippen LogP contribution in [0.4, 0.5) is 10.1 Å². The highest BCUT2D eigenvalue weighted by Crippen LogP contribution is 2.49. The summed E-state index contributed by atoms with van der Waals surface area (Å²) in [6.45, 7) is 1.84. The van der Waals surface area contributed by atoms with Crippen molar-refractivity contribution in [2.24, 2.45) is 5.41 Å². The summed E-state index contributed by atoms with van der Waals surface area (Å²) in [7, 11) is 0. The molecule has 98 valence electrons. The molecule has 0 aromatic heterocycles. The van der Waals surface area contributed by atoms with Crippen LogP contribution in [-0.4, -0.2) is 11.7 Å². The molecule has 0 atom stereocenters. The Balaban J connectivity index is 2.05. The van der Waals surface area contributed by atoms with E-state index in [1.165, 1.54) is 6.07 Å². The van der Waals surface area contributed by atoms with Gasteiger partial charge < -0.3 is 5.32 Å². The van der Waals surface area contributed by atoms with Gasteiger partial charge in [-0.2, -0.15) is 12.6 Å². The standard InChI is InChI=1S/C13H15BrFNOS/c1-8-4-9(14)10(15)5-11(8)16-12(17)6-13(7-18)2-3-13/h4-5,18H,2-3,6-7H2,1H3,(H,16,17). The van der Waals surface area contributed by atoms with Crippen LogP contribution < -0.4 is 5.32 Å². The number of carbonyl (C=O) groups excluding carboxylic acids is 1. The number of halogens is 2. The molecule has 1 aromatic rings. The Morgan fingerprint density at radius 2 is 2.22 bits per heavy atom. The maximum Gasteiger partial charge on any atom is 0.224 e. The fourth-order valence-corrected chi connectivity index (χ4v) is 2.77. The first kappa shape index (κ1) is 13.9. The smallest absolute Gasteiger partial charge is 0.224 e. The Kier molecular flexibility index (Phi) is 4.02. The molecule has 1 aromatic carbocycles. The van der Waals surface area contributed by atoms with Gasteiger partial charge in [-0.25, -0.2) is 4.39 Å². The molecule has 0 radical (unpaired) electrons. The second kappa shape index (κ2) is 5.21. The second-order valence-electron chi connectivity index (χ2n) is 4.96. The van der Waals surface area contributed by atoms with Gasteiger partial charge in [0.15, 0.2) is 0 Å². The van der Waals surface area contributed by atoms with Gasteiger partial charge in [0.2, 0.25) is 5.91 Å². The highest BCUT2D eigenvalue weighted by Gasteiger charge is 2.42. The average Bonchev–Trinajstić information content (AvgIpc) is 3.06. The van der Waals surface area contributed by atoms with E-state index in [0.717, 1.165) is 24.2 Å². The normalized spacial score (nSPS) is 16.4. The summed E-state index contributed by atoms with van der Waals surface area (Å²) in [6.07, 6.45) is 2.57. The molecule has 1 fully saturated rings. The van der Waals surface area contributed by atoms with Crippen molar-refractivity contribution in [2.75, 3.05) is 11.1 Å². The van der Waals surface area contributed by atoms with Gasteiger partial charge in [-0.3, -0.25) is 4.79 Å². The summed E-state index contributed by atoms with van der Waals surface area (Å²) in [4.78, 5) is 11.9. The van der Waals surface area contributed by atoms with Crippen LogP contribution in [0.3, 0.4) is 0 Å². The number of rotatable bonds is 4. The van der Waals surface area contributed by atoms with E-state index in [1.807, 2.05) is 6.92 Å². The van der Waals surface area contributed by atoms with Gasteiger partial charge in [0.05, 0.1) is 4.47 Å². The zero-order valence-corrected chi connectivity index (χ0v) is 12.6. The van der Waals surface area contributed by atoms with Crippen molar-refractivity contribution in [3.8, 4) is 0 Å². The number of thiol groups is 1. The van der Waals surface area contributed by atoms with E-state index in [9.17, 15) is 9.18 Å². The minimum Gasteiger partial charge on any atom is -0.326 e. The maximum absolute atomic E-state index is 13.4. The monoisotopic (exact) mass is 331 g/mol. The molecule has 2 rings (SSSR count). The fourth-order valence-electron chi connectivity index (χ4n) is 1.88. The second-order valence-corrected chi connectivity index (χ2v) is 6.13. The molecule has 0 saturated heterocycles. The molecule has 0 heterocycles. The van der Waals surface area contributed by atoms with Gasteiger partial charge in [-0.1, -0.05) is 0 Å². The van der Waals surface area contributed by atoms with Crippen molar-refractivity contribution in [3.05, 3.63) is 28.0 Å². The largest absolute Gasteiger partial charge is 0.326 e. The summed E-state index contributed by atoms with van der Waals surface area (Å²) in [5.41, 5.74) is 1.46. The van der Waals surface area contributed by atoms with E-state index in [-0.39, 0.29) is 17.1 Å². The van der Waals surface area contributed by atoms with E-state index in [1.54, 1.807) is 6.07 Å². The number of benzene rings is 1. The SMILES string of the molecule is Cc1cc(Br)c(F)cc1NC(=O)CC1(CS)CC1. The molecule has 5 heteroatoms. The predicted molar refractivity (Wildman–Crippen MR) is 77.6 cm³/mol. The van der Waals surface area contributed by atoms with E-state index in [4.69, 9.17) is 0 Å². The number of carbonyl (C=O) groups is 1. The van der Waals surface area contributed by atoms with E-state index < -0.39 is 0 Å². The Morgan fingerprint density at radius 3 is 2.78 bits per heavy atom. The molecule has 1 aliphatic rings. The van der Waals surface area contributed by atoms with Gasteiger partial charge in [0, 0.05) is 12.1 Å². The molecule has 1 amide bonds. The number of hydrogen-bond acceptors (Lipinski definition) is 2. The van der Waals surface area contributed by atoms with Gasteiger partial charge in [0.1, 0.15) is 5.82 Å². The van der Waals surface area contributed by atoms with Crippen LogP contribution in [0.5, 0.6) is 0 Å². The van der Waals surface area contributed by atoms with Crippen LogP contribution in [0.25, 0.3) is 0 Å². The average molecular weight is 332 g/mol. The van der Waals surface area contributed by atoms with Crippen molar-refractivity contribution in [3.63, 3.8) is 0 Å². The third-order valence-corrected chi connectivity index (χ3v) is 4.65. The van der Waals surface area contributed by atoms with Gasteiger partial charge in [0.25, 0.3) is 0 Å². The number of anilines is 1. The van der Waals surface area contributed by atoms with Crippen LogP contribution in [0, 0.1) is 18.2 Å². The molecule has 1 saturated carbocycles. The Morgan fingerprint density at radius 1 is 1.56 bits per heavy atom. The highest BCUT2D eigenvalue weighted by atomic mass is 79.9. The minimum atomic E-state index is -0.369. The Labute approximate surface area is 120 Å². The first-order chi connectivity index (χ1) is 8.46. The van der Waals surface area contributed by atoms with Crippen LogP contribution in [0.2, 0.25) is 0 Å². The molecule has 18 heavy (non-hydrogen) atoms.